The second-order valence-electron chi connectivity index (χ2n) is 5.09. The second-order valence-corrected chi connectivity index (χ2v) is 6.03. The van der Waals surface area contributed by atoms with Crippen LogP contribution in [0.1, 0.15) is 5.76 Å². The standard InChI is InChI=1S/C16H17N5O4S/c1-23-13-6-11(7-14(8-13)24-2)21-16(18-19-20-21)26-10-15(22)17-9-12-4-3-5-25-12/h3-8H,9-10H2,1-2H3,(H,17,22). The number of carbonyl (C=O) groups excluding carboxylic acids is 1. The zero-order valence-corrected chi connectivity index (χ0v) is 15.0. The molecule has 26 heavy (non-hydrogen) atoms. The fourth-order valence-electron chi connectivity index (χ4n) is 2.13. The Hall–Kier alpha value is -3.01. The Bertz CT molecular complexity index is 843. The monoisotopic (exact) mass is 375 g/mol. The summed E-state index contributed by atoms with van der Waals surface area (Å²) in [5, 5.41) is 14.9. The van der Waals surface area contributed by atoms with Gasteiger partial charge in [0, 0.05) is 18.2 Å². The predicted octanol–water partition coefficient (Wildman–Crippen LogP) is 1.68. The molecule has 1 amide bonds. The fourth-order valence-corrected chi connectivity index (χ4v) is 2.85. The van der Waals surface area contributed by atoms with E-state index in [4.69, 9.17) is 13.9 Å². The molecule has 0 aliphatic carbocycles. The van der Waals surface area contributed by atoms with Crippen LogP contribution in [-0.4, -0.2) is 46.1 Å². The second kappa shape index (κ2) is 8.39. The first-order valence-electron chi connectivity index (χ1n) is 7.63. The Balaban J connectivity index is 1.66. The molecule has 0 spiro atoms. The Labute approximate surface area is 153 Å². The number of amides is 1. The molecule has 0 aliphatic heterocycles. The van der Waals surface area contributed by atoms with Gasteiger partial charge in [0.2, 0.25) is 11.1 Å². The Kier molecular flexibility index (Phi) is 5.74. The molecule has 0 aliphatic rings. The molecular formula is C16H17N5O4S. The third kappa shape index (κ3) is 4.33. The van der Waals surface area contributed by atoms with E-state index in [0.717, 1.165) is 0 Å². The van der Waals surface area contributed by atoms with Gasteiger partial charge >= 0.3 is 0 Å². The number of rotatable bonds is 8. The van der Waals surface area contributed by atoms with E-state index < -0.39 is 0 Å². The van der Waals surface area contributed by atoms with Crippen LogP contribution in [0.25, 0.3) is 5.69 Å². The van der Waals surface area contributed by atoms with E-state index in [1.807, 2.05) is 0 Å². The topological polar surface area (TPSA) is 104 Å². The van der Waals surface area contributed by atoms with Crippen molar-refractivity contribution in [2.45, 2.75) is 11.7 Å². The molecule has 0 saturated heterocycles. The number of carbonyl (C=O) groups is 1. The highest BCUT2D eigenvalue weighted by Crippen LogP contribution is 2.26. The summed E-state index contributed by atoms with van der Waals surface area (Å²) in [4.78, 5) is 12.0. The summed E-state index contributed by atoms with van der Waals surface area (Å²) in [6.07, 6.45) is 1.56. The van der Waals surface area contributed by atoms with Crippen molar-refractivity contribution < 1.29 is 18.7 Å². The summed E-state index contributed by atoms with van der Waals surface area (Å²) < 4.78 is 17.2. The van der Waals surface area contributed by atoms with Gasteiger partial charge in [-0.1, -0.05) is 11.8 Å². The summed E-state index contributed by atoms with van der Waals surface area (Å²) in [5.41, 5.74) is 0.671. The molecule has 0 unspecified atom stereocenters. The van der Waals surface area contributed by atoms with E-state index in [2.05, 4.69) is 20.8 Å². The summed E-state index contributed by atoms with van der Waals surface area (Å²) >= 11 is 1.22. The van der Waals surface area contributed by atoms with E-state index in [1.54, 1.807) is 50.8 Å². The maximum Gasteiger partial charge on any atom is 0.230 e. The van der Waals surface area contributed by atoms with Crippen LogP contribution in [0.5, 0.6) is 11.5 Å². The molecule has 0 bridgehead atoms. The van der Waals surface area contributed by atoms with Crippen LogP contribution < -0.4 is 14.8 Å². The lowest BCUT2D eigenvalue weighted by atomic mass is 10.3. The summed E-state index contributed by atoms with van der Waals surface area (Å²) in [5.74, 6) is 1.94. The van der Waals surface area contributed by atoms with Crippen LogP contribution >= 0.6 is 11.8 Å². The molecule has 136 valence electrons. The number of nitrogens with zero attached hydrogens (tertiary/aromatic N) is 4. The lowest BCUT2D eigenvalue weighted by Crippen LogP contribution is -2.24. The lowest BCUT2D eigenvalue weighted by molar-refractivity contribution is -0.118. The van der Waals surface area contributed by atoms with Gasteiger partial charge in [0.1, 0.15) is 17.3 Å². The number of thioether (sulfide) groups is 1. The van der Waals surface area contributed by atoms with Crippen LogP contribution in [0.3, 0.4) is 0 Å². The molecular weight excluding hydrogens is 358 g/mol. The van der Waals surface area contributed by atoms with E-state index >= 15 is 0 Å². The van der Waals surface area contributed by atoms with Gasteiger partial charge in [-0.05, 0) is 22.6 Å². The first-order valence-corrected chi connectivity index (χ1v) is 8.62. The zero-order valence-electron chi connectivity index (χ0n) is 14.2. The molecule has 0 radical (unpaired) electrons. The Morgan fingerprint density at radius 1 is 1.27 bits per heavy atom. The maximum atomic E-state index is 12.0. The SMILES string of the molecule is COc1cc(OC)cc(-n2nnnc2SCC(=O)NCc2ccco2)c1. The van der Waals surface area contributed by atoms with Crippen molar-refractivity contribution in [3.63, 3.8) is 0 Å². The molecule has 3 aromatic rings. The normalized spacial score (nSPS) is 10.5. The number of furan rings is 1. The number of hydrogen-bond donors (Lipinski definition) is 1. The molecule has 0 fully saturated rings. The van der Waals surface area contributed by atoms with Crippen LogP contribution in [0.15, 0.2) is 46.2 Å². The van der Waals surface area contributed by atoms with E-state index in [0.29, 0.717) is 34.6 Å². The average Bonchev–Trinajstić information content (AvgIpc) is 3.35. The highest BCUT2D eigenvalue weighted by molar-refractivity contribution is 7.99. The molecule has 1 N–H and O–H groups in total. The number of benzene rings is 1. The van der Waals surface area contributed by atoms with Crippen molar-refractivity contribution in [3.8, 4) is 17.2 Å². The molecule has 0 saturated carbocycles. The lowest BCUT2D eigenvalue weighted by Gasteiger charge is -2.09. The highest BCUT2D eigenvalue weighted by atomic mass is 32.2. The average molecular weight is 375 g/mol. The summed E-state index contributed by atoms with van der Waals surface area (Å²) in [6, 6.07) is 8.87. The number of aromatic nitrogens is 4. The number of nitrogens with one attached hydrogen (secondary N) is 1. The first kappa shape index (κ1) is 17.8. The molecule has 2 heterocycles. The van der Waals surface area contributed by atoms with Crippen molar-refractivity contribution in [3.05, 3.63) is 42.4 Å². The zero-order chi connectivity index (χ0) is 18.4. The van der Waals surface area contributed by atoms with E-state index in [-0.39, 0.29) is 11.7 Å². The van der Waals surface area contributed by atoms with Crippen LogP contribution in [0.2, 0.25) is 0 Å². The molecule has 9 nitrogen and oxygen atoms in total. The smallest absolute Gasteiger partial charge is 0.230 e. The van der Waals surface area contributed by atoms with Gasteiger partial charge < -0.3 is 19.2 Å². The van der Waals surface area contributed by atoms with Gasteiger partial charge in [0.05, 0.1) is 38.5 Å². The minimum Gasteiger partial charge on any atom is -0.497 e. The van der Waals surface area contributed by atoms with Crippen molar-refractivity contribution in [1.29, 1.82) is 0 Å². The summed E-state index contributed by atoms with van der Waals surface area (Å²) in [7, 11) is 3.13. The largest absolute Gasteiger partial charge is 0.497 e. The van der Waals surface area contributed by atoms with Crippen LogP contribution in [0, 0.1) is 0 Å². The quantitative estimate of drug-likeness (QED) is 0.593. The van der Waals surface area contributed by atoms with Gasteiger partial charge in [-0.2, -0.15) is 4.68 Å². The van der Waals surface area contributed by atoms with Crippen molar-refractivity contribution in [1.82, 2.24) is 25.5 Å². The van der Waals surface area contributed by atoms with Gasteiger partial charge in [-0.15, -0.1) is 5.10 Å². The molecule has 10 heteroatoms. The summed E-state index contributed by atoms with van der Waals surface area (Å²) in [6.45, 7) is 0.338. The van der Waals surface area contributed by atoms with E-state index in [9.17, 15) is 4.79 Å². The third-order valence-electron chi connectivity index (χ3n) is 3.39. The van der Waals surface area contributed by atoms with Gasteiger partial charge in [-0.25, -0.2) is 0 Å². The highest BCUT2D eigenvalue weighted by Gasteiger charge is 2.13. The molecule has 2 aromatic heterocycles. The van der Waals surface area contributed by atoms with Gasteiger partial charge in [0.15, 0.2) is 0 Å². The first-order chi connectivity index (χ1) is 12.7. The number of methoxy groups -OCH3 is 2. The van der Waals surface area contributed by atoms with Crippen molar-refractivity contribution >= 4 is 17.7 Å². The van der Waals surface area contributed by atoms with Crippen molar-refractivity contribution in [2.24, 2.45) is 0 Å². The molecule has 0 atom stereocenters. The van der Waals surface area contributed by atoms with Crippen molar-refractivity contribution in [2.75, 3.05) is 20.0 Å². The van der Waals surface area contributed by atoms with Crippen LogP contribution in [0.4, 0.5) is 0 Å². The number of tetrazole rings is 1. The number of hydrogen-bond acceptors (Lipinski definition) is 8. The third-order valence-corrected chi connectivity index (χ3v) is 4.31. The molecule has 1 aromatic carbocycles. The van der Waals surface area contributed by atoms with Gasteiger partial charge in [0.25, 0.3) is 0 Å². The molecule has 3 rings (SSSR count). The predicted molar refractivity (Wildman–Crippen MR) is 93.5 cm³/mol. The van der Waals surface area contributed by atoms with Crippen LogP contribution in [-0.2, 0) is 11.3 Å². The Morgan fingerprint density at radius 3 is 2.69 bits per heavy atom. The van der Waals surface area contributed by atoms with Gasteiger partial charge in [-0.3, -0.25) is 4.79 Å². The minimum atomic E-state index is -0.149. The minimum absolute atomic E-state index is 0.149. The van der Waals surface area contributed by atoms with E-state index in [1.165, 1.54) is 16.4 Å². The maximum absolute atomic E-state index is 12.0. The number of ether oxygens (including phenoxy) is 2. The Morgan fingerprint density at radius 2 is 2.04 bits per heavy atom. The fraction of sp³-hybridized carbons (Fsp3) is 0.250.